The van der Waals surface area contributed by atoms with Gasteiger partial charge in [-0.05, 0) is 0 Å². The van der Waals surface area contributed by atoms with Gasteiger partial charge in [-0.15, -0.1) is 0 Å². The first kappa shape index (κ1) is 6.80. The third kappa shape index (κ3) is 1.58. The van der Waals surface area contributed by atoms with E-state index in [0.29, 0.717) is 5.82 Å². The number of aromatic nitrogens is 2. The molecule has 0 unspecified atom stereocenters. The summed E-state index contributed by atoms with van der Waals surface area (Å²) >= 11 is 0. The molecule has 0 saturated carbocycles. The Kier molecular flexibility index (Phi) is 1.71. The van der Waals surface area contributed by atoms with E-state index in [0.717, 1.165) is 0 Å². The van der Waals surface area contributed by atoms with Crippen LogP contribution in [0.2, 0.25) is 0 Å². The van der Waals surface area contributed by atoms with Crippen LogP contribution in [0.1, 0.15) is 6.92 Å². The van der Waals surface area contributed by atoms with Crippen LogP contribution in [0, 0.1) is 6.07 Å². The number of aryl methyl sites for hydroxylation is 1. The molecule has 0 atom stereocenters. The molecule has 0 saturated heterocycles. The Balaban J connectivity index is 2.67. The molecular weight excluding hydrogens is 130 g/mol. The quantitative estimate of drug-likeness (QED) is 0.601. The van der Waals surface area contributed by atoms with E-state index < -0.39 is 0 Å². The molecule has 10 heavy (non-hydrogen) atoms. The Morgan fingerprint density at radius 3 is 3.00 bits per heavy atom. The van der Waals surface area contributed by atoms with Crippen LogP contribution in [-0.4, -0.2) is 15.7 Å². The van der Waals surface area contributed by atoms with E-state index in [1.807, 2.05) is 0 Å². The lowest BCUT2D eigenvalue weighted by Crippen LogP contribution is -2.06. The van der Waals surface area contributed by atoms with Gasteiger partial charge in [-0.1, -0.05) is 0 Å². The first-order valence-corrected chi connectivity index (χ1v) is 2.87. The number of anilines is 1. The van der Waals surface area contributed by atoms with Crippen LogP contribution in [0.15, 0.2) is 6.20 Å². The van der Waals surface area contributed by atoms with Gasteiger partial charge in [0.2, 0.25) is 5.91 Å². The molecule has 1 amide bonds. The van der Waals surface area contributed by atoms with Crippen molar-refractivity contribution in [1.82, 2.24) is 9.78 Å². The number of carbonyl (C=O) groups is 1. The highest BCUT2D eigenvalue weighted by atomic mass is 16.1. The van der Waals surface area contributed by atoms with Crippen LogP contribution in [0.3, 0.4) is 0 Å². The number of hydrogen-bond acceptors (Lipinski definition) is 2. The highest BCUT2D eigenvalue weighted by molar-refractivity contribution is 5.87. The van der Waals surface area contributed by atoms with E-state index in [2.05, 4.69) is 16.5 Å². The summed E-state index contributed by atoms with van der Waals surface area (Å²) in [5.74, 6) is 0.338. The third-order valence-corrected chi connectivity index (χ3v) is 0.940. The second-order valence-corrected chi connectivity index (χ2v) is 1.98. The summed E-state index contributed by atoms with van der Waals surface area (Å²) in [7, 11) is 1.77. The lowest BCUT2D eigenvalue weighted by Gasteiger charge is -1.92. The van der Waals surface area contributed by atoms with E-state index in [1.165, 1.54) is 6.92 Å². The molecular formula is C6H8N3O. The normalized spacial score (nSPS) is 9.40. The second kappa shape index (κ2) is 2.51. The topological polar surface area (TPSA) is 46.9 Å². The number of hydrogen-bond donors (Lipinski definition) is 1. The molecule has 0 fully saturated rings. The maximum absolute atomic E-state index is 10.4. The average Bonchev–Trinajstić information content (AvgIpc) is 2.13. The number of rotatable bonds is 1. The molecule has 53 valence electrons. The van der Waals surface area contributed by atoms with Gasteiger partial charge in [0.05, 0.1) is 0 Å². The minimum atomic E-state index is -0.130. The molecule has 0 aliphatic heterocycles. The molecule has 0 spiro atoms. The number of carbonyl (C=O) groups excluding carboxylic acids is 1. The summed E-state index contributed by atoms with van der Waals surface area (Å²) in [4.78, 5) is 10.4. The first-order valence-electron chi connectivity index (χ1n) is 2.87. The van der Waals surface area contributed by atoms with Crippen molar-refractivity contribution in [1.29, 1.82) is 0 Å². The predicted octanol–water partition coefficient (Wildman–Crippen LogP) is 0.179. The van der Waals surface area contributed by atoms with Crippen LogP contribution in [0.4, 0.5) is 5.82 Å². The smallest absolute Gasteiger partial charge is 0.222 e. The maximum Gasteiger partial charge on any atom is 0.222 e. The van der Waals surface area contributed by atoms with Gasteiger partial charge in [0.15, 0.2) is 5.82 Å². The Labute approximate surface area is 58.8 Å². The fourth-order valence-electron chi connectivity index (χ4n) is 0.598. The average molecular weight is 138 g/mol. The van der Waals surface area contributed by atoms with Crippen molar-refractivity contribution < 1.29 is 4.79 Å². The number of amides is 1. The molecule has 0 aliphatic rings. The molecule has 0 aromatic carbocycles. The Morgan fingerprint density at radius 2 is 2.60 bits per heavy atom. The van der Waals surface area contributed by atoms with Gasteiger partial charge in [-0.3, -0.25) is 9.48 Å². The Bertz CT molecular complexity index is 241. The molecule has 1 heterocycles. The zero-order valence-electron chi connectivity index (χ0n) is 5.88. The first-order chi connectivity index (χ1) is 4.68. The Hall–Kier alpha value is -1.32. The van der Waals surface area contributed by atoms with E-state index >= 15 is 0 Å². The van der Waals surface area contributed by atoms with E-state index in [4.69, 9.17) is 0 Å². The summed E-state index contributed by atoms with van der Waals surface area (Å²) in [6.07, 6.45) is 1.64. The van der Waals surface area contributed by atoms with Gasteiger partial charge in [0.1, 0.15) is 0 Å². The maximum atomic E-state index is 10.4. The van der Waals surface area contributed by atoms with Gasteiger partial charge in [0.25, 0.3) is 0 Å². The largest absolute Gasteiger partial charge is 0.309 e. The predicted molar refractivity (Wildman–Crippen MR) is 36.3 cm³/mol. The van der Waals surface area contributed by atoms with Gasteiger partial charge >= 0.3 is 0 Å². The van der Waals surface area contributed by atoms with Crippen molar-refractivity contribution >= 4 is 11.7 Å². The standard InChI is InChI=1S/C6H8N3O/c1-5(10)7-6-3-4-9(2)8-6/h4H,1-2H3,(H,7,8,10). The molecule has 1 aromatic rings. The fourth-order valence-corrected chi connectivity index (χ4v) is 0.598. The van der Waals surface area contributed by atoms with Crippen molar-refractivity contribution in [2.24, 2.45) is 7.05 Å². The van der Waals surface area contributed by atoms with Crippen molar-refractivity contribution in [3.05, 3.63) is 12.3 Å². The molecule has 0 bridgehead atoms. The molecule has 1 rings (SSSR count). The zero-order valence-corrected chi connectivity index (χ0v) is 5.88. The van der Waals surface area contributed by atoms with Crippen molar-refractivity contribution in [3.63, 3.8) is 0 Å². The molecule has 4 heteroatoms. The van der Waals surface area contributed by atoms with Gasteiger partial charge in [-0.2, -0.15) is 5.10 Å². The molecule has 1 aromatic heterocycles. The number of nitrogens with zero attached hydrogens (tertiary/aromatic N) is 2. The van der Waals surface area contributed by atoms with Crippen LogP contribution in [0.25, 0.3) is 0 Å². The van der Waals surface area contributed by atoms with E-state index in [1.54, 1.807) is 17.9 Å². The number of nitrogens with one attached hydrogen (secondary N) is 1. The van der Waals surface area contributed by atoms with Gasteiger partial charge < -0.3 is 5.32 Å². The van der Waals surface area contributed by atoms with E-state index in [-0.39, 0.29) is 5.91 Å². The van der Waals surface area contributed by atoms with Crippen LogP contribution >= 0.6 is 0 Å². The zero-order chi connectivity index (χ0) is 7.56. The summed E-state index contributed by atoms with van der Waals surface area (Å²) in [6.45, 7) is 1.43. The minimum absolute atomic E-state index is 0.130. The summed E-state index contributed by atoms with van der Waals surface area (Å²) in [5, 5.41) is 6.38. The second-order valence-electron chi connectivity index (χ2n) is 1.98. The van der Waals surface area contributed by atoms with Gasteiger partial charge in [0, 0.05) is 26.2 Å². The lowest BCUT2D eigenvalue weighted by atomic mass is 10.6. The third-order valence-electron chi connectivity index (χ3n) is 0.940. The van der Waals surface area contributed by atoms with Crippen LogP contribution < -0.4 is 5.32 Å². The van der Waals surface area contributed by atoms with E-state index in [9.17, 15) is 4.79 Å². The lowest BCUT2D eigenvalue weighted by molar-refractivity contribution is -0.114. The molecule has 4 nitrogen and oxygen atoms in total. The highest BCUT2D eigenvalue weighted by Crippen LogP contribution is 1.97. The summed E-state index contributed by atoms with van der Waals surface area (Å²) < 4.78 is 1.57. The van der Waals surface area contributed by atoms with Crippen molar-refractivity contribution in [3.8, 4) is 0 Å². The molecule has 1 radical (unpaired) electrons. The summed E-state index contributed by atoms with van der Waals surface area (Å²) in [5.41, 5.74) is 0. The van der Waals surface area contributed by atoms with Gasteiger partial charge in [-0.25, -0.2) is 0 Å². The minimum Gasteiger partial charge on any atom is -0.309 e. The van der Waals surface area contributed by atoms with Crippen LogP contribution in [-0.2, 0) is 11.8 Å². The fraction of sp³-hybridized carbons (Fsp3) is 0.333. The monoisotopic (exact) mass is 138 g/mol. The summed E-state index contributed by atoms with van der Waals surface area (Å²) in [6, 6.07) is 2.76. The SMILES string of the molecule is CC(=O)Nc1[c]cn(C)n1. The van der Waals surface area contributed by atoms with Crippen molar-refractivity contribution in [2.75, 3.05) is 5.32 Å². The highest BCUT2D eigenvalue weighted by Gasteiger charge is 1.96. The molecule has 1 N–H and O–H groups in total. The Morgan fingerprint density at radius 1 is 1.90 bits per heavy atom. The van der Waals surface area contributed by atoms with Crippen molar-refractivity contribution in [2.45, 2.75) is 6.92 Å². The van der Waals surface area contributed by atoms with Crippen LogP contribution in [0.5, 0.6) is 0 Å². The molecule has 0 aliphatic carbocycles.